The third kappa shape index (κ3) is 1.81. The lowest BCUT2D eigenvalue weighted by atomic mass is 10.1. The molecule has 0 radical (unpaired) electrons. The van der Waals surface area contributed by atoms with Gasteiger partial charge in [0.1, 0.15) is 0 Å². The lowest BCUT2D eigenvalue weighted by molar-refractivity contribution is -0.626. The molecule has 1 heterocycles. The number of quaternary nitrogens is 1. The zero-order valence-corrected chi connectivity index (χ0v) is 9.53. The Morgan fingerprint density at radius 2 is 2.21 bits per heavy atom. The average Bonchev–Trinajstić information content (AvgIpc) is 2.57. The number of likely N-dealkylation sites (N-methyl/N-ethyl adjacent to an activating group) is 1. The fourth-order valence-corrected chi connectivity index (χ4v) is 2.67. The molecule has 2 aromatic rings. The Morgan fingerprint density at radius 1 is 1.36 bits per heavy atom. The van der Waals surface area contributed by atoms with E-state index in [1.807, 2.05) is 11.3 Å². The van der Waals surface area contributed by atoms with Gasteiger partial charge in [-0.15, -0.1) is 11.3 Å². The molecule has 0 atom stereocenters. The summed E-state index contributed by atoms with van der Waals surface area (Å²) in [6.07, 6.45) is 1.18. The minimum Gasteiger partial charge on any atom is -0.348 e. The fourth-order valence-electron chi connectivity index (χ4n) is 1.69. The van der Waals surface area contributed by atoms with Gasteiger partial charge in [-0.25, -0.2) is 0 Å². The van der Waals surface area contributed by atoms with Crippen LogP contribution in [0, 0.1) is 6.92 Å². The zero-order chi connectivity index (χ0) is 9.97. The fraction of sp³-hybridized carbons (Fsp3) is 0.333. The molecule has 2 rings (SSSR count). The summed E-state index contributed by atoms with van der Waals surface area (Å²) in [5.41, 5.74) is 2.87. The van der Waals surface area contributed by atoms with Crippen molar-refractivity contribution in [2.75, 3.05) is 13.6 Å². The summed E-state index contributed by atoms with van der Waals surface area (Å²) < 4.78 is 1.42. The monoisotopic (exact) mass is 206 g/mol. The number of hydrogen-bond donors (Lipinski definition) is 1. The highest BCUT2D eigenvalue weighted by molar-refractivity contribution is 7.17. The van der Waals surface area contributed by atoms with Gasteiger partial charge in [0.2, 0.25) is 0 Å². The van der Waals surface area contributed by atoms with E-state index in [1.165, 1.54) is 34.2 Å². The van der Waals surface area contributed by atoms with Crippen LogP contribution in [0.15, 0.2) is 23.6 Å². The van der Waals surface area contributed by atoms with Gasteiger partial charge in [0.15, 0.2) is 0 Å². The van der Waals surface area contributed by atoms with E-state index in [4.69, 9.17) is 0 Å². The number of thiophene rings is 1. The highest BCUT2D eigenvalue weighted by Crippen LogP contribution is 2.26. The molecule has 0 spiro atoms. The summed E-state index contributed by atoms with van der Waals surface area (Å²) in [6, 6.07) is 6.72. The second-order valence-corrected chi connectivity index (χ2v) is 4.62. The highest BCUT2D eigenvalue weighted by atomic mass is 32.1. The summed E-state index contributed by atoms with van der Waals surface area (Å²) in [7, 11) is 2.12. The minimum absolute atomic E-state index is 1.18. The van der Waals surface area contributed by atoms with E-state index in [9.17, 15) is 0 Å². The first kappa shape index (κ1) is 9.69. The van der Waals surface area contributed by atoms with Gasteiger partial charge < -0.3 is 5.32 Å². The lowest BCUT2D eigenvalue weighted by Crippen LogP contribution is -2.80. The number of nitrogens with two attached hydrogens (primary N) is 1. The second kappa shape index (κ2) is 4.11. The van der Waals surface area contributed by atoms with Crippen LogP contribution >= 0.6 is 11.3 Å². The number of fused-ring (bicyclic) bond motifs is 1. The molecule has 1 nitrogen and oxygen atoms in total. The third-order valence-corrected chi connectivity index (χ3v) is 3.52. The van der Waals surface area contributed by atoms with E-state index < -0.39 is 0 Å². The van der Waals surface area contributed by atoms with Crippen molar-refractivity contribution in [1.82, 2.24) is 0 Å². The minimum atomic E-state index is 1.18. The summed E-state index contributed by atoms with van der Waals surface area (Å²) in [6.45, 7) is 3.34. The van der Waals surface area contributed by atoms with Gasteiger partial charge >= 0.3 is 0 Å². The number of rotatable bonds is 3. The number of benzene rings is 1. The van der Waals surface area contributed by atoms with E-state index in [0.29, 0.717) is 0 Å². The molecule has 0 aliphatic rings. The molecule has 0 unspecified atom stereocenters. The Morgan fingerprint density at radius 3 is 3.00 bits per heavy atom. The molecule has 2 heteroatoms. The third-order valence-electron chi connectivity index (χ3n) is 2.51. The maximum Gasteiger partial charge on any atom is 0.0794 e. The average molecular weight is 206 g/mol. The van der Waals surface area contributed by atoms with Crippen LogP contribution in [0.1, 0.15) is 11.1 Å². The Bertz CT molecular complexity index is 431. The summed E-state index contributed by atoms with van der Waals surface area (Å²) in [4.78, 5) is 0. The van der Waals surface area contributed by atoms with Crippen LogP contribution < -0.4 is 5.32 Å². The molecule has 0 aliphatic heterocycles. The van der Waals surface area contributed by atoms with Crippen molar-refractivity contribution in [3.05, 3.63) is 34.7 Å². The van der Waals surface area contributed by atoms with E-state index in [2.05, 4.69) is 42.9 Å². The summed E-state index contributed by atoms with van der Waals surface area (Å²) in [5.74, 6) is 0. The number of aryl methyl sites for hydroxylation is 1. The topological polar surface area (TPSA) is 16.6 Å². The predicted octanol–water partition coefficient (Wildman–Crippen LogP) is 1.95. The van der Waals surface area contributed by atoms with Gasteiger partial charge in [0.05, 0.1) is 13.6 Å². The predicted molar refractivity (Wildman–Crippen MR) is 63.0 cm³/mol. The summed E-state index contributed by atoms with van der Waals surface area (Å²) >= 11 is 1.86. The van der Waals surface area contributed by atoms with Crippen molar-refractivity contribution in [2.45, 2.75) is 13.3 Å². The van der Waals surface area contributed by atoms with Crippen LogP contribution in [0.2, 0.25) is 0 Å². The zero-order valence-electron chi connectivity index (χ0n) is 8.71. The Kier molecular flexibility index (Phi) is 2.85. The van der Waals surface area contributed by atoms with Crippen LogP contribution in [0.3, 0.4) is 0 Å². The molecule has 1 aromatic heterocycles. The second-order valence-electron chi connectivity index (χ2n) is 3.71. The van der Waals surface area contributed by atoms with Crippen molar-refractivity contribution in [3.63, 3.8) is 0 Å². The van der Waals surface area contributed by atoms with E-state index in [-0.39, 0.29) is 0 Å². The molecule has 0 saturated heterocycles. The molecule has 2 N–H and O–H groups in total. The molecule has 0 amide bonds. The van der Waals surface area contributed by atoms with Crippen molar-refractivity contribution in [1.29, 1.82) is 0 Å². The molecule has 0 aliphatic carbocycles. The van der Waals surface area contributed by atoms with Gasteiger partial charge in [0, 0.05) is 11.1 Å². The Hall–Kier alpha value is -0.860. The van der Waals surface area contributed by atoms with E-state index in [0.717, 1.165) is 0 Å². The maximum absolute atomic E-state index is 2.30. The quantitative estimate of drug-likeness (QED) is 0.790. The SMILES string of the molecule is C[NH2+]CCc1csc2ccc(C)cc12. The highest BCUT2D eigenvalue weighted by Gasteiger charge is 2.03. The Balaban J connectivity index is 2.40. The van der Waals surface area contributed by atoms with Crippen LogP contribution in [0.4, 0.5) is 0 Å². The molecule has 0 saturated carbocycles. The van der Waals surface area contributed by atoms with Gasteiger partial charge in [-0.1, -0.05) is 17.7 Å². The first-order valence-electron chi connectivity index (χ1n) is 5.06. The van der Waals surface area contributed by atoms with Crippen LogP contribution in [-0.2, 0) is 6.42 Å². The van der Waals surface area contributed by atoms with E-state index in [1.54, 1.807) is 0 Å². The van der Waals surface area contributed by atoms with Gasteiger partial charge in [0.25, 0.3) is 0 Å². The van der Waals surface area contributed by atoms with Gasteiger partial charge in [-0.2, -0.15) is 0 Å². The molecule has 14 heavy (non-hydrogen) atoms. The number of hydrogen-bond acceptors (Lipinski definition) is 1. The Labute approximate surface area is 88.8 Å². The van der Waals surface area contributed by atoms with Crippen molar-refractivity contribution >= 4 is 21.4 Å². The van der Waals surface area contributed by atoms with Crippen LogP contribution in [0.25, 0.3) is 10.1 Å². The first-order valence-corrected chi connectivity index (χ1v) is 5.94. The summed E-state index contributed by atoms with van der Waals surface area (Å²) in [5, 5.41) is 5.99. The normalized spacial score (nSPS) is 11.0. The van der Waals surface area contributed by atoms with Gasteiger partial charge in [-0.3, -0.25) is 0 Å². The van der Waals surface area contributed by atoms with Crippen molar-refractivity contribution in [3.8, 4) is 0 Å². The van der Waals surface area contributed by atoms with Crippen LogP contribution in [-0.4, -0.2) is 13.6 Å². The first-order chi connectivity index (χ1) is 6.81. The largest absolute Gasteiger partial charge is 0.348 e. The smallest absolute Gasteiger partial charge is 0.0794 e. The molecule has 1 aromatic carbocycles. The van der Waals surface area contributed by atoms with E-state index >= 15 is 0 Å². The molecule has 74 valence electrons. The molecular weight excluding hydrogens is 190 g/mol. The van der Waals surface area contributed by atoms with Crippen LogP contribution in [0.5, 0.6) is 0 Å². The molecule has 0 bridgehead atoms. The van der Waals surface area contributed by atoms with Crippen molar-refractivity contribution < 1.29 is 5.32 Å². The lowest BCUT2D eigenvalue weighted by Gasteiger charge is -1.98. The standard InChI is InChI=1S/C12H15NS/c1-9-3-4-12-11(7-9)10(8-14-12)5-6-13-2/h3-4,7-8,13H,5-6H2,1-2H3/p+1. The van der Waals surface area contributed by atoms with Crippen molar-refractivity contribution in [2.24, 2.45) is 0 Å². The van der Waals surface area contributed by atoms with Gasteiger partial charge in [-0.05, 0) is 29.3 Å². The molecule has 0 fully saturated rings. The maximum atomic E-state index is 2.30. The molecular formula is C12H16NS+.